The first-order valence-corrected chi connectivity index (χ1v) is 10.2. The van der Waals surface area contributed by atoms with Crippen molar-refractivity contribution in [1.82, 2.24) is 24.9 Å². The Bertz CT molecular complexity index is 1370. The number of aryl methyl sites for hydroxylation is 2. The zero-order valence-corrected chi connectivity index (χ0v) is 18.1. The molecule has 0 saturated carbocycles. The molecule has 2 heterocycles. The number of carbonyl (C=O) groups is 2. The lowest BCUT2D eigenvalue weighted by molar-refractivity contribution is -0.120. The highest BCUT2D eigenvalue weighted by molar-refractivity contribution is 5.88. The summed E-state index contributed by atoms with van der Waals surface area (Å²) in [5.74, 6) is -1.03. The summed E-state index contributed by atoms with van der Waals surface area (Å²) in [7, 11) is 0. The molecule has 0 aliphatic carbocycles. The number of amides is 1. The van der Waals surface area contributed by atoms with Crippen LogP contribution >= 0.6 is 0 Å². The van der Waals surface area contributed by atoms with Gasteiger partial charge in [-0.25, -0.2) is 4.68 Å². The molecule has 162 valence electrons. The third-order valence-electron chi connectivity index (χ3n) is 5.16. The Hall–Kier alpha value is -4.07. The molecule has 0 spiro atoms. The Labute approximate surface area is 184 Å². The van der Waals surface area contributed by atoms with Gasteiger partial charge in [0.05, 0.1) is 16.8 Å². The van der Waals surface area contributed by atoms with Gasteiger partial charge in [0.15, 0.2) is 0 Å². The number of carbonyl (C=O) groups excluding carboxylic acids is 2. The highest BCUT2D eigenvalue weighted by Gasteiger charge is 2.28. The maximum Gasteiger partial charge on any atom is 0.292 e. The molecule has 1 atom stereocenters. The predicted molar refractivity (Wildman–Crippen MR) is 120 cm³/mol. The van der Waals surface area contributed by atoms with E-state index in [2.05, 4.69) is 15.5 Å². The normalized spacial score (nSPS) is 12.0. The van der Waals surface area contributed by atoms with E-state index in [9.17, 15) is 14.4 Å². The SMILES string of the molecule is CC(=O)NC(C(=O)n1nc(C)cc1C)n1nc(Cc2ccccc2)c2ccccc2c1=O. The minimum Gasteiger partial charge on any atom is -0.327 e. The number of rotatable bonds is 5. The fourth-order valence-corrected chi connectivity index (χ4v) is 3.76. The van der Waals surface area contributed by atoms with Gasteiger partial charge in [0.2, 0.25) is 12.1 Å². The molecule has 32 heavy (non-hydrogen) atoms. The van der Waals surface area contributed by atoms with Crippen LogP contribution in [0.1, 0.15) is 40.5 Å². The average Bonchev–Trinajstić information content (AvgIpc) is 3.12. The molecule has 0 aliphatic rings. The Kier molecular flexibility index (Phi) is 5.68. The van der Waals surface area contributed by atoms with Crippen molar-refractivity contribution in [1.29, 1.82) is 0 Å². The molecule has 2 aromatic heterocycles. The summed E-state index contributed by atoms with van der Waals surface area (Å²) >= 11 is 0. The van der Waals surface area contributed by atoms with Crippen molar-refractivity contribution < 1.29 is 9.59 Å². The molecule has 1 N–H and O–H groups in total. The summed E-state index contributed by atoms with van der Waals surface area (Å²) in [6, 6.07) is 18.6. The van der Waals surface area contributed by atoms with E-state index in [1.807, 2.05) is 42.5 Å². The van der Waals surface area contributed by atoms with Crippen LogP contribution in [0.15, 0.2) is 65.5 Å². The first kappa shape index (κ1) is 21.2. The van der Waals surface area contributed by atoms with Crippen LogP contribution in [0.4, 0.5) is 0 Å². The molecule has 4 aromatic rings. The van der Waals surface area contributed by atoms with E-state index < -0.39 is 23.5 Å². The van der Waals surface area contributed by atoms with Crippen LogP contribution in [0.25, 0.3) is 10.8 Å². The van der Waals surface area contributed by atoms with Crippen LogP contribution in [-0.4, -0.2) is 31.4 Å². The Morgan fingerprint density at radius 2 is 1.62 bits per heavy atom. The number of nitrogens with one attached hydrogen (secondary N) is 1. The molecule has 0 radical (unpaired) electrons. The molecule has 1 amide bonds. The molecule has 8 nitrogen and oxygen atoms in total. The van der Waals surface area contributed by atoms with Gasteiger partial charge < -0.3 is 5.32 Å². The largest absolute Gasteiger partial charge is 0.327 e. The summed E-state index contributed by atoms with van der Waals surface area (Å²) < 4.78 is 2.25. The molecule has 0 saturated heterocycles. The lowest BCUT2D eigenvalue weighted by Gasteiger charge is -2.20. The number of benzene rings is 2. The molecule has 0 aliphatic heterocycles. The van der Waals surface area contributed by atoms with Gasteiger partial charge in [0.25, 0.3) is 11.5 Å². The second kappa shape index (κ2) is 8.58. The van der Waals surface area contributed by atoms with Crippen LogP contribution in [-0.2, 0) is 11.2 Å². The van der Waals surface area contributed by atoms with Gasteiger partial charge in [-0.3, -0.25) is 14.4 Å². The molecular weight excluding hydrogens is 406 g/mol. The standard InChI is InChI=1S/C24H23N5O3/c1-15-13-16(2)28(26-15)24(32)22(25-17(3)30)29-23(31)20-12-8-7-11-19(20)21(27-29)14-18-9-5-4-6-10-18/h4-13,22H,14H2,1-3H3,(H,25,30). The monoisotopic (exact) mass is 429 g/mol. The van der Waals surface area contributed by atoms with Crippen LogP contribution in [0.3, 0.4) is 0 Å². The number of nitrogens with zero attached hydrogens (tertiary/aromatic N) is 4. The van der Waals surface area contributed by atoms with E-state index in [1.165, 1.54) is 11.6 Å². The van der Waals surface area contributed by atoms with Gasteiger partial charge in [-0.1, -0.05) is 48.5 Å². The van der Waals surface area contributed by atoms with Crippen LogP contribution < -0.4 is 10.9 Å². The summed E-state index contributed by atoms with van der Waals surface area (Å²) in [4.78, 5) is 38.7. The highest BCUT2D eigenvalue weighted by Crippen LogP contribution is 2.18. The van der Waals surface area contributed by atoms with Crippen LogP contribution in [0.2, 0.25) is 0 Å². The third-order valence-corrected chi connectivity index (χ3v) is 5.16. The lowest BCUT2D eigenvalue weighted by atomic mass is 10.0. The zero-order chi connectivity index (χ0) is 22.8. The van der Waals surface area contributed by atoms with Gasteiger partial charge in [-0.15, -0.1) is 0 Å². The fourth-order valence-electron chi connectivity index (χ4n) is 3.76. The van der Waals surface area contributed by atoms with Gasteiger partial charge >= 0.3 is 0 Å². The second-order valence-corrected chi connectivity index (χ2v) is 7.68. The van der Waals surface area contributed by atoms with Gasteiger partial charge in [0, 0.05) is 24.4 Å². The summed E-state index contributed by atoms with van der Waals surface area (Å²) in [5, 5.41) is 12.5. The molecule has 0 fully saturated rings. The molecule has 1 unspecified atom stereocenters. The summed E-state index contributed by atoms with van der Waals surface area (Å²) in [6.45, 7) is 4.79. The van der Waals surface area contributed by atoms with Gasteiger partial charge in [-0.2, -0.15) is 14.9 Å². The van der Waals surface area contributed by atoms with Crippen molar-refractivity contribution >= 4 is 22.6 Å². The van der Waals surface area contributed by atoms with Crippen molar-refractivity contribution in [2.75, 3.05) is 0 Å². The van der Waals surface area contributed by atoms with Crippen molar-refractivity contribution in [2.45, 2.75) is 33.4 Å². The summed E-state index contributed by atoms with van der Waals surface area (Å²) in [6.07, 6.45) is -0.875. The Morgan fingerprint density at radius 3 is 2.25 bits per heavy atom. The average molecular weight is 429 g/mol. The van der Waals surface area contributed by atoms with E-state index in [-0.39, 0.29) is 0 Å². The maximum absolute atomic E-state index is 13.4. The zero-order valence-electron chi connectivity index (χ0n) is 18.1. The minimum absolute atomic E-state index is 0.421. The smallest absolute Gasteiger partial charge is 0.292 e. The summed E-state index contributed by atoms with van der Waals surface area (Å²) in [5.41, 5.74) is 2.42. The van der Waals surface area contributed by atoms with Gasteiger partial charge in [0.1, 0.15) is 0 Å². The van der Waals surface area contributed by atoms with E-state index in [0.717, 1.165) is 10.2 Å². The number of fused-ring (bicyclic) bond motifs is 1. The van der Waals surface area contributed by atoms with Crippen molar-refractivity contribution in [2.24, 2.45) is 0 Å². The van der Waals surface area contributed by atoms with Gasteiger partial charge in [-0.05, 0) is 31.5 Å². The number of hydrogen-bond donors (Lipinski definition) is 1. The fraction of sp³-hybridized carbons (Fsp3) is 0.208. The van der Waals surface area contributed by atoms with Crippen LogP contribution in [0, 0.1) is 13.8 Å². The number of aromatic nitrogens is 4. The highest BCUT2D eigenvalue weighted by atomic mass is 16.2. The van der Waals surface area contributed by atoms with Crippen LogP contribution in [0.5, 0.6) is 0 Å². The quantitative estimate of drug-likeness (QED) is 0.526. The molecular formula is C24H23N5O3. The van der Waals surface area contributed by atoms with E-state index >= 15 is 0 Å². The lowest BCUT2D eigenvalue weighted by Crippen LogP contribution is -2.45. The minimum atomic E-state index is -1.34. The first-order valence-electron chi connectivity index (χ1n) is 10.2. The van der Waals surface area contributed by atoms with Crippen molar-refractivity contribution in [3.8, 4) is 0 Å². The maximum atomic E-state index is 13.4. The van der Waals surface area contributed by atoms with E-state index in [1.54, 1.807) is 32.0 Å². The Balaban J connectivity index is 1.90. The van der Waals surface area contributed by atoms with E-state index in [4.69, 9.17) is 0 Å². The first-order chi connectivity index (χ1) is 15.3. The molecule has 0 bridgehead atoms. The topological polar surface area (TPSA) is 98.9 Å². The molecule has 8 heteroatoms. The molecule has 4 rings (SSSR count). The second-order valence-electron chi connectivity index (χ2n) is 7.68. The Morgan fingerprint density at radius 1 is 0.969 bits per heavy atom. The van der Waals surface area contributed by atoms with Crippen molar-refractivity contribution in [3.63, 3.8) is 0 Å². The number of hydrogen-bond acceptors (Lipinski definition) is 5. The molecule has 2 aromatic carbocycles. The third kappa shape index (κ3) is 4.07. The van der Waals surface area contributed by atoms with Crippen molar-refractivity contribution in [3.05, 3.63) is 93.7 Å². The van der Waals surface area contributed by atoms with E-state index in [0.29, 0.717) is 34.3 Å². The predicted octanol–water partition coefficient (Wildman–Crippen LogP) is 2.78.